The molecule has 3 aromatic rings. The Kier molecular flexibility index (Phi) is 8.64. The van der Waals surface area contributed by atoms with E-state index in [1.807, 2.05) is 55.6 Å². The maximum atomic E-state index is 12.6. The van der Waals surface area contributed by atoms with Gasteiger partial charge in [0.2, 0.25) is 11.8 Å². The summed E-state index contributed by atoms with van der Waals surface area (Å²) >= 11 is 6.14. The number of hydrogen-bond acceptors (Lipinski definition) is 6. The maximum absolute atomic E-state index is 12.6. The minimum absolute atomic E-state index is 0.0105. The first-order chi connectivity index (χ1) is 17.9. The first-order valence-electron chi connectivity index (χ1n) is 12.1. The fraction of sp³-hybridized carbons (Fsp3) is 0.250. The molecule has 0 saturated carbocycles. The predicted octanol–water partition coefficient (Wildman–Crippen LogP) is 4.56. The summed E-state index contributed by atoms with van der Waals surface area (Å²) in [5.41, 5.74) is 9.32. The molecule has 0 bridgehead atoms. The summed E-state index contributed by atoms with van der Waals surface area (Å²) in [6, 6.07) is 22.5. The van der Waals surface area contributed by atoms with Crippen LogP contribution in [0.1, 0.15) is 24.0 Å². The van der Waals surface area contributed by atoms with Crippen LogP contribution in [-0.2, 0) is 22.7 Å². The number of rotatable bonds is 10. The highest BCUT2D eigenvalue weighted by Gasteiger charge is 2.23. The van der Waals surface area contributed by atoms with E-state index >= 15 is 0 Å². The number of fused-ring (bicyclic) bond motifs is 1. The van der Waals surface area contributed by atoms with Gasteiger partial charge in [0, 0.05) is 25.6 Å². The van der Waals surface area contributed by atoms with Gasteiger partial charge >= 0.3 is 0 Å². The van der Waals surface area contributed by atoms with Crippen molar-refractivity contribution in [3.63, 3.8) is 0 Å². The molecule has 3 aromatic carbocycles. The molecule has 9 heteroatoms. The molecule has 0 atom stereocenters. The molecule has 0 spiro atoms. The molecule has 1 heterocycles. The van der Waals surface area contributed by atoms with Crippen LogP contribution in [0.5, 0.6) is 5.75 Å². The topological polar surface area (TPSA) is 100 Å². The summed E-state index contributed by atoms with van der Waals surface area (Å²) in [7, 11) is 1.81. The Hall–Kier alpha value is -4.04. The third-order valence-electron chi connectivity index (χ3n) is 5.98. The summed E-state index contributed by atoms with van der Waals surface area (Å²) < 4.78 is 6.03. The van der Waals surface area contributed by atoms with Crippen molar-refractivity contribution in [2.24, 2.45) is 10.7 Å². The lowest BCUT2D eigenvalue weighted by atomic mass is 10.1. The van der Waals surface area contributed by atoms with Crippen molar-refractivity contribution in [1.82, 2.24) is 9.80 Å². The second-order valence-corrected chi connectivity index (χ2v) is 9.20. The largest absolute Gasteiger partial charge is 0.493 e. The van der Waals surface area contributed by atoms with Gasteiger partial charge in [0.25, 0.3) is 0 Å². The van der Waals surface area contributed by atoms with Gasteiger partial charge in [-0.3, -0.25) is 9.59 Å². The minimum atomic E-state index is -0.258. The van der Waals surface area contributed by atoms with Gasteiger partial charge in [-0.2, -0.15) is 0 Å². The third-order valence-corrected chi connectivity index (χ3v) is 6.31. The molecular formula is C28H30ClN5O3. The Morgan fingerprint density at radius 2 is 1.84 bits per heavy atom. The van der Waals surface area contributed by atoms with Crippen LogP contribution in [-0.4, -0.2) is 47.8 Å². The Morgan fingerprint density at radius 1 is 1.08 bits per heavy atom. The molecule has 8 nitrogen and oxygen atoms in total. The lowest BCUT2D eigenvalue weighted by Gasteiger charge is -2.28. The van der Waals surface area contributed by atoms with Crippen LogP contribution in [0.3, 0.4) is 0 Å². The first-order valence-corrected chi connectivity index (χ1v) is 12.4. The zero-order valence-electron chi connectivity index (χ0n) is 20.7. The fourth-order valence-corrected chi connectivity index (χ4v) is 4.21. The standard InChI is InChI=1S/C28H30ClN5O3/c1-33(17-20-9-3-2-4-10-20)27(36)15-8-16-37-25-14-7-13-23-21(25)18-34(28(30)32-23)19-26(35)31-24-12-6-5-11-22(24)29/h2-7,9-14H,8,15-19H2,1H3,(H2,30,32)(H,31,35). The van der Waals surface area contributed by atoms with Crippen molar-refractivity contribution in [3.05, 3.63) is 88.9 Å². The number of hydrogen-bond donors (Lipinski definition) is 2. The summed E-state index contributed by atoms with van der Waals surface area (Å²) in [4.78, 5) is 33.0. The molecule has 0 fully saturated rings. The Bertz CT molecular complexity index is 1280. The van der Waals surface area contributed by atoms with E-state index in [0.29, 0.717) is 54.7 Å². The average Bonchev–Trinajstić information content (AvgIpc) is 2.89. The molecule has 1 aliphatic rings. The van der Waals surface area contributed by atoms with Crippen molar-refractivity contribution in [2.45, 2.75) is 25.9 Å². The van der Waals surface area contributed by atoms with Crippen LogP contribution in [0.4, 0.5) is 11.4 Å². The van der Waals surface area contributed by atoms with Gasteiger partial charge in [-0.25, -0.2) is 4.99 Å². The molecule has 3 N–H and O–H groups in total. The molecule has 0 unspecified atom stereocenters. The maximum Gasteiger partial charge on any atom is 0.244 e. The number of carbonyl (C=O) groups excluding carboxylic acids is 2. The Morgan fingerprint density at radius 3 is 2.62 bits per heavy atom. The van der Waals surface area contributed by atoms with Crippen molar-refractivity contribution in [3.8, 4) is 5.75 Å². The monoisotopic (exact) mass is 519 g/mol. The summed E-state index contributed by atoms with van der Waals surface area (Å²) in [6.07, 6.45) is 0.967. The number of para-hydroxylation sites is 1. The summed E-state index contributed by atoms with van der Waals surface area (Å²) in [6.45, 7) is 1.34. The van der Waals surface area contributed by atoms with Crippen molar-refractivity contribution >= 4 is 40.7 Å². The van der Waals surface area contributed by atoms with Crippen molar-refractivity contribution in [2.75, 3.05) is 25.5 Å². The lowest BCUT2D eigenvalue weighted by Crippen LogP contribution is -2.43. The molecule has 0 aromatic heterocycles. The zero-order valence-corrected chi connectivity index (χ0v) is 21.4. The predicted molar refractivity (Wildman–Crippen MR) is 146 cm³/mol. The van der Waals surface area contributed by atoms with E-state index in [-0.39, 0.29) is 24.3 Å². The van der Waals surface area contributed by atoms with Gasteiger partial charge in [0.1, 0.15) is 12.3 Å². The lowest BCUT2D eigenvalue weighted by molar-refractivity contribution is -0.130. The number of aliphatic imine (C=N–C) groups is 1. The number of carbonyl (C=O) groups is 2. The van der Waals surface area contributed by atoms with E-state index in [1.165, 1.54) is 0 Å². The van der Waals surface area contributed by atoms with E-state index in [1.54, 1.807) is 34.1 Å². The number of anilines is 1. The number of guanidine groups is 1. The van der Waals surface area contributed by atoms with E-state index < -0.39 is 0 Å². The van der Waals surface area contributed by atoms with Gasteiger partial charge in [-0.15, -0.1) is 0 Å². The highest BCUT2D eigenvalue weighted by atomic mass is 35.5. The fourth-order valence-electron chi connectivity index (χ4n) is 4.02. The highest BCUT2D eigenvalue weighted by Crippen LogP contribution is 2.33. The second kappa shape index (κ2) is 12.3. The normalized spacial score (nSPS) is 12.4. The molecule has 4 rings (SSSR count). The molecule has 1 aliphatic heterocycles. The van der Waals surface area contributed by atoms with Crippen LogP contribution in [0.2, 0.25) is 5.02 Å². The van der Waals surface area contributed by atoms with Gasteiger partial charge in [-0.1, -0.05) is 60.1 Å². The van der Waals surface area contributed by atoms with Crippen LogP contribution in [0, 0.1) is 0 Å². The highest BCUT2D eigenvalue weighted by molar-refractivity contribution is 6.33. The average molecular weight is 520 g/mol. The molecule has 0 saturated heterocycles. The van der Waals surface area contributed by atoms with Crippen LogP contribution in [0.25, 0.3) is 0 Å². The zero-order chi connectivity index (χ0) is 26.2. The van der Waals surface area contributed by atoms with E-state index in [9.17, 15) is 9.59 Å². The van der Waals surface area contributed by atoms with Crippen LogP contribution in [0.15, 0.2) is 77.8 Å². The SMILES string of the molecule is CN(Cc1ccccc1)C(=O)CCCOc1cccc2c1CN(CC(=O)Nc1ccccc1Cl)C(N)=N2. The molecule has 37 heavy (non-hydrogen) atoms. The number of nitrogens with zero attached hydrogens (tertiary/aromatic N) is 3. The van der Waals surface area contributed by atoms with E-state index in [2.05, 4.69) is 10.3 Å². The third kappa shape index (κ3) is 7.01. The second-order valence-electron chi connectivity index (χ2n) is 8.80. The van der Waals surface area contributed by atoms with Gasteiger partial charge in [-0.05, 0) is 36.2 Å². The first kappa shape index (κ1) is 26.0. The molecule has 192 valence electrons. The smallest absolute Gasteiger partial charge is 0.244 e. The van der Waals surface area contributed by atoms with Crippen LogP contribution >= 0.6 is 11.6 Å². The Balaban J connectivity index is 1.30. The summed E-state index contributed by atoms with van der Waals surface area (Å²) in [5, 5.41) is 3.26. The van der Waals surface area contributed by atoms with Gasteiger partial charge in [0.15, 0.2) is 5.96 Å². The molecular weight excluding hydrogens is 490 g/mol. The van der Waals surface area contributed by atoms with Crippen molar-refractivity contribution in [1.29, 1.82) is 0 Å². The number of halogens is 1. The van der Waals surface area contributed by atoms with Gasteiger partial charge < -0.3 is 25.6 Å². The summed E-state index contributed by atoms with van der Waals surface area (Å²) in [5.74, 6) is 0.725. The number of nitrogens with one attached hydrogen (secondary N) is 1. The quantitative estimate of drug-likeness (QED) is 0.382. The minimum Gasteiger partial charge on any atom is -0.493 e. The number of nitrogens with two attached hydrogens (primary N) is 1. The van der Waals surface area contributed by atoms with E-state index in [0.717, 1.165) is 11.1 Å². The number of amides is 2. The molecule has 0 aliphatic carbocycles. The Labute approximate surface area is 221 Å². The molecule has 2 amide bonds. The number of ether oxygens (including phenoxy) is 1. The van der Waals surface area contributed by atoms with Gasteiger partial charge in [0.05, 0.1) is 29.5 Å². The van der Waals surface area contributed by atoms with E-state index in [4.69, 9.17) is 22.1 Å². The van der Waals surface area contributed by atoms with Crippen LogP contribution < -0.4 is 15.8 Å². The van der Waals surface area contributed by atoms with Crippen molar-refractivity contribution < 1.29 is 14.3 Å². The number of benzene rings is 3. The molecule has 0 radical (unpaired) electrons.